The molecule has 1 aromatic carbocycles. The van der Waals surface area contributed by atoms with Gasteiger partial charge in [0.1, 0.15) is 0 Å². The van der Waals surface area contributed by atoms with Crippen molar-refractivity contribution in [3.8, 4) is 0 Å². The van der Waals surface area contributed by atoms with Crippen LogP contribution >= 0.6 is 11.8 Å². The summed E-state index contributed by atoms with van der Waals surface area (Å²) in [5, 5.41) is 1.29. The minimum atomic E-state index is 1.11. The fourth-order valence-corrected chi connectivity index (χ4v) is 2.25. The Labute approximate surface area is 97.0 Å². The normalized spacial score (nSPS) is 11.7. The fourth-order valence-electron chi connectivity index (χ4n) is 1.50. The van der Waals surface area contributed by atoms with Crippen LogP contribution in [0.15, 0.2) is 35.3 Å². The van der Waals surface area contributed by atoms with Crippen LogP contribution in [0.5, 0.6) is 0 Å². The number of rotatable bonds is 5. The standard InChI is InChI=1S/C13H19NS/c1-3-15-13(14-2)11-7-10-12-8-5-4-6-9-12/h4-6,8-9H,3,7,10-11H2,1-2H3. The van der Waals surface area contributed by atoms with E-state index in [-0.39, 0.29) is 0 Å². The molecular weight excluding hydrogens is 202 g/mol. The van der Waals surface area contributed by atoms with Crippen LogP contribution in [0.25, 0.3) is 0 Å². The molecule has 0 aliphatic carbocycles. The molecule has 0 atom stereocenters. The first kappa shape index (κ1) is 12.3. The molecule has 0 heterocycles. The molecule has 0 unspecified atom stereocenters. The molecule has 0 aromatic heterocycles. The molecule has 0 spiro atoms. The maximum absolute atomic E-state index is 4.29. The van der Waals surface area contributed by atoms with Gasteiger partial charge in [-0.25, -0.2) is 0 Å². The third kappa shape index (κ3) is 5.03. The zero-order valence-electron chi connectivity index (χ0n) is 9.57. The van der Waals surface area contributed by atoms with Gasteiger partial charge in [-0.1, -0.05) is 37.3 Å². The van der Waals surface area contributed by atoms with E-state index >= 15 is 0 Å². The lowest BCUT2D eigenvalue weighted by Crippen LogP contribution is -1.95. The van der Waals surface area contributed by atoms with E-state index in [4.69, 9.17) is 0 Å². The van der Waals surface area contributed by atoms with Gasteiger partial charge in [-0.3, -0.25) is 4.99 Å². The summed E-state index contributed by atoms with van der Waals surface area (Å²) in [5.41, 5.74) is 1.43. The van der Waals surface area contributed by atoms with Gasteiger partial charge in [0.25, 0.3) is 0 Å². The third-order valence-corrected chi connectivity index (χ3v) is 3.27. The first-order valence-electron chi connectivity index (χ1n) is 5.49. The van der Waals surface area contributed by atoms with E-state index in [9.17, 15) is 0 Å². The SMILES string of the molecule is CCSC(CCCc1ccccc1)=NC. The molecule has 0 aliphatic heterocycles. The van der Waals surface area contributed by atoms with Gasteiger partial charge in [-0.05, 0) is 30.6 Å². The lowest BCUT2D eigenvalue weighted by molar-refractivity contribution is 0.870. The van der Waals surface area contributed by atoms with Gasteiger partial charge in [0.05, 0.1) is 5.04 Å². The Kier molecular flexibility index (Phi) is 6.17. The third-order valence-electron chi connectivity index (χ3n) is 2.26. The van der Waals surface area contributed by atoms with Crippen molar-refractivity contribution in [3.05, 3.63) is 35.9 Å². The molecule has 82 valence electrons. The molecule has 0 N–H and O–H groups in total. The van der Waals surface area contributed by atoms with Crippen LogP contribution < -0.4 is 0 Å². The highest BCUT2D eigenvalue weighted by Gasteiger charge is 1.98. The minimum Gasteiger partial charge on any atom is -0.286 e. The molecule has 15 heavy (non-hydrogen) atoms. The monoisotopic (exact) mass is 221 g/mol. The average molecular weight is 221 g/mol. The molecule has 0 aliphatic rings. The van der Waals surface area contributed by atoms with Crippen molar-refractivity contribution in [3.63, 3.8) is 0 Å². The van der Waals surface area contributed by atoms with E-state index in [1.165, 1.54) is 17.0 Å². The molecule has 0 saturated carbocycles. The Morgan fingerprint density at radius 2 is 2.00 bits per heavy atom. The molecule has 2 heteroatoms. The molecule has 1 aromatic rings. The molecule has 0 amide bonds. The van der Waals surface area contributed by atoms with Crippen molar-refractivity contribution in [1.82, 2.24) is 0 Å². The number of thioether (sulfide) groups is 1. The Hall–Kier alpha value is -0.760. The Balaban J connectivity index is 2.27. The summed E-state index contributed by atoms with van der Waals surface area (Å²) in [5.74, 6) is 1.12. The largest absolute Gasteiger partial charge is 0.286 e. The van der Waals surface area contributed by atoms with Crippen LogP contribution in [0.3, 0.4) is 0 Å². The molecular formula is C13H19NS. The second-order valence-corrected chi connectivity index (χ2v) is 4.73. The Morgan fingerprint density at radius 3 is 2.60 bits per heavy atom. The predicted molar refractivity (Wildman–Crippen MR) is 70.9 cm³/mol. The maximum atomic E-state index is 4.29. The topological polar surface area (TPSA) is 12.4 Å². The van der Waals surface area contributed by atoms with Gasteiger partial charge in [-0.2, -0.15) is 0 Å². The van der Waals surface area contributed by atoms with Crippen molar-refractivity contribution in [2.75, 3.05) is 12.8 Å². The summed E-state index contributed by atoms with van der Waals surface area (Å²) in [4.78, 5) is 4.29. The van der Waals surface area contributed by atoms with Crippen molar-refractivity contribution in [1.29, 1.82) is 0 Å². The smallest absolute Gasteiger partial charge is 0.0672 e. The predicted octanol–water partition coefficient (Wildman–Crippen LogP) is 3.79. The van der Waals surface area contributed by atoms with E-state index in [0.717, 1.165) is 18.6 Å². The van der Waals surface area contributed by atoms with Crippen LogP contribution in [-0.2, 0) is 6.42 Å². The second-order valence-electron chi connectivity index (χ2n) is 3.39. The molecule has 1 rings (SSSR count). The first-order valence-corrected chi connectivity index (χ1v) is 6.47. The van der Waals surface area contributed by atoms with Gasteiger partial charge in [-0.15, -0.1) is 11.8 Å². The molecule has 0 saturated heterocycles. The number of nitrogens with zero attached hydrogens (tertiary/aromatic N) is 1. The average Bonchev–Trinajstić information content (AvgIpc) is 2.29. The Morgan fingerprint density at radius 1 is 1.27 bits per heavy atom. The van der Waals surface area contributed by atoms with Crippen LogP contribution in [0.1, 0.15) is 25.3 Å². The Bertz CT molecular complexity index is 293. The second kappa shape index (κ2) is 7.52. The van der Waals surface area contributed by atoms with Gasteiger partial charge in [0, 0.05) is 7.05 Å². The van der Waals surface area contributed by atoms with Crippen LogP contribution in [0.4, 0.5) is 0 Å². The number of hydrogen-bond acceptors (Lipinski definition) is 2. The van der Waals surface area contributed by atoms with Crippen LogP contribution in [-0.4, -0.2) is 17.8 Å². The van der Waals surface area contributed by atoms with Crippen LogP contribution in [0, 0.1) is 0 Å². The first-order chi connectivity index (χ1) is 7.36. The zero-order chi connectivity index (χ0) is 10.9. The summed E-state index contributed by atoms with van der Waals surface area (Å²) in [7, 11) is 1.89. The molecule has 0 bridgehead atoms. The number of hydrogen-bond donors (Lipinski definition) is 0. The lowest BCUT2D eigenvalue weighted by atomic mass is 10.1. The van der Waals surface area contributed by atoms with E-state index < -0.39 is 0 Å². The maximum Gasteiger partial charge on any atom is 0.0672 e. The van der Waals surface area contributed by atoms with Crippen molar-refractivity contribution in [2.24, 2.45) is 4.99 Å². The molecule has 0 radical (unpaired) electrons. The number of aliphatic imine (C=N–C) groups is 1. The molecule has 1 nitrogen and oxygen atoms in total. The van der Waals surface area contributed by atoms with Crippen molar-refractivity contribution >= 4 is 16.8 Å². The van der Waals surface area contributed by atoms with Crippen molar-refractivity contribution in [2.45, 2.75) is 26.2 Å². The summed E-state index contributed by atoms with van der Waals surface area (Å²) in [6.45, 7) is 2.17. The highest BCUT2D eigenvalue weighted by Crippen LogP contribution is 2.11. The quantitative estimate of drug-likeness (QED) is 0.544. The van der Waals surface area contributed by atoms with Gasteiger partial charge < -0.3 is 0 Å². The lowest BCUT2D eigenvalue weighted by Gasteiger charge is -2.03. The highest BCUT2D eigenvalue weighted by atomic mass is 32.2. The minimum absolute atomic E-state index is 1.11. The van der Waals surface area contributed by atoms with E-state index in [1.54, 1.807) is 0 Å². The van der Waals surface area contributed by atoms with Crippen molar-refractivity contribution < 1.29 is 0 Å². The van der Waals surface area contributed by atoms with Gasteiger partial charge >= 0.3 is 0 Å². The van der Waals surface area contributed by atoms with Gasteiger partial charge in [0.2, 0.25) is 0 Å². The summed E-state index contributed by atoms with van der Waals surface area (Å²) >= 11 is 1.86. The number of benzene rings is 1. The van der Waals surface area contributed by atoms with Crippen LogP contribution in [0.2, 0.25) is 0 Å². The summed E-state index contributed by atoms with van der Waals surface area (Å²) < 4.78 is 0. The fraction of sp³-hybridized carbons (Fsp3) is 0.462. The van der Waals surface area contributed by atoms with E-state index in [0.29, 0.717) is 0 Å². The number of aryl methyl sites for hydroxylation is 1. The highest BCUT2D eigenvalue weighted by molar-refractivity contribution is 8.13. The van der Waals surface area contributed by atoms with E-state index in [2.05, 4.69) is 42.2 Å². The van der Waals surface area contributed by atoms with E-state index in [1.807, 2.05) is 18.8 Å². The molecule has 0 fully saturated rings. The zero-order valence-corrected chi connectivity index (χ0v) is 10.4. The summed E-state index contributed by atoms with van der Waals surface area (Å²) in [6, 6.07) is 10.6. The van der Waals surface area contributed by atoms with Gasteiger partial charge in [0.15, 0.2) is 0 Å². The summed E-state index contributed by atoms with van der Waals surface area (Å²) in [6.07, 6.45) is 3.47.